The highest BCUT2D eigenvalue weighted by Gasteiger charge is 2.33. The third kappa shape index (κ3) is 4.88. The molecular formula is C21H17ClF3N3OS2. The van der Waals surface area contributed by atoms with Gasteiger partial charge in [-0.1, -0.05) is 42.4 Å². The predicted molar refractivity (Wildman–Crippen MR) is 121 cm³/mol. The Balaban J connectivity index is 1.61. The van der Waals surface area contributed by atoms with Gasteiger partial charge in [0.05, 0.1) is 28.7 Å². The Morgan fingerprint density at radius 3 is 2.84 bits per heavy atom. The molecule has 1 aliphatic heterocycles. The molecule has 162 valence electrons. The first-order chi connectivity index (χ1) is 14.7. The SMILES string of the molecule is CCSC1NC(=O)/C(=C/c2ccc3c(cnn3Cc3ccc(Cl)cc3C(F)(F)F)c2)S1. The fraction of sp³-hybridized carbons (Fsp3) is 0.238. The maximum absolute atomic E-state index is 13.4. The highest BCUT2D eigenvalue weighted by atomic mass is 35.5. The smallest absolute Gasteiger partial charge is 0.331 e. The first-order valence-corrected chi connectivity index (χ1v) is 11.7. The second kappa shape index (κ2) is 8.80. The highest BCUT2D eigenvalue weighted by Crippen LogP contribution is 2.36. The van der Waals surface area contributed by atoms with Gasteiger partial charge >= 0.3 is 6.18 Å². The zero-order chi connectivity index (χ0) is 22.2. The summed E-state index contributed by atoms with van der Waals surface area (Å²) >= 11 is 8.90. The average molecular weight is 484 g/mol. The summed E-state index contributed by atoms with van der Waals surface area (Å²) in [4.78, 5) is 12.8. The van der Waals surface area contributed by atoms with E-state index in [0.717, 1.165) is 22.8 Å². The Hall–Kier alpha value is -2.10. The predicted octanol–water partition coefficient (Wildman–Crippen LogP) is 6.00. The van der Waals surface area contributed by atoms with Crippen molar-refractivity contribution in [2.24, 2.45) is 0 Å². The van der Waals surface area contributed by atoms with Crippen LogP contribution in [0.2, 0.25) is 5.02 Å². The molecule has 1 atom stereocenters. The average Bonchev–Trinajstić information content (AvgIpc) is 3.25. The van der Waals surface area contributed by atoms with Crippen molar-refractivity contribution >= 4 is 58.0 Å². The van der Waals surface area contributed by atoms with E-state index < -0.39 is 11.7 Å². The number of carbonyl (C=O) groups is 1. The molecule has 0 bridgehead atoms. The molecule has 1 aliphatic rings. The van der Waals surface area contributed by atoms with Crippen LogP contribution >= 0.6 is 35.1 Å². The molecule has 0 spiro atoms. The minimum absolute atomic E-state index is 0.0115. The topological polar surface area (TPSA) is 46.9 Å². The number of hydrogen-bond acceptors (Lipinski definition) is 4. The maximum Gasteiger partial charge on any atom is 0.416 e. The van der Waals surface area contributed by atoms with Crippen LogP contribution in [0.5, 0.6) is 0 Å². The fourth-order valence-corrected chi connectivity index (χ4v) is 5.71. The molecular weight excluding hydrogens is 467 g/mol. The van der Waals surface area contributed by atoms with E-state index >= 15 is 0 Å². The lowest BCUT2D eigenvalue weighted by molar-refractivity contribution is -0.138. The van der Waals surface area contributed by atoms with Crippen LogP contribution in [0.25, 0.3) is 17.0 Å². The molecule has 2 heterocycles. The first-order valence-electron chi connectivity index (χ1n) is 9.36. The van der Waals surface area contributed by atoms with Gasteiger partial charge in [0.1, 0.15) is 4.71 Å². The molecule has 1 fully saturated rings. The van der Waals surface area contributed by atoms with Gasteiger partial charge in [0.25, 0.3) is 5.91 Å². The summed E-state index contributed by atoms with van der Waals surface area (Å²) in [6.07, 6.45) is -1.08. The Kier molecular flexibility index (Phi) is 6.27. The largest absolute Gasteiger partial charge is 0.416 e. The summed E-state index contributed by atoms with van der Waals surface area (Å²) in [7, 11) is 0. The molecule has 0 radical (unpaired) electrons. The molecule has 1 amide bonds. The second-order valence-electron chi connectivity index (χ2n) is 6.81. The lowest BCUT2D eigenvalue weighted by atomic mass is 10.1. The van der Waals surface area contributed by atoms with E-state index in [9.17, 15) is 18.0 Å². The van der Waals surface area contributed by atoms with Crippen molar-refractivity contribution < 1.29 is 18.0 Å². The quantitative estimate of drug-likeness (QED) is 0.452. The third-order valence-corrected chi connectivity index (χ3v) is 7.26. The third-order valence-electron chi connectivity index (χ3n) is 4.69. The zero-order valence-corrected chi connectivity index (χ0v) is 18.6. The lowest BCUT2D eigenvalue weighted by Crippen LogP contribution is -2.21. The van der Waals surface area contributed by atoms with Crippen LogP contribution in [0, 0.1) is 0 Å². The molecule has 1 unspecified atom stereocenters. The molecule has 31 heavy (non-hydrogen) atoms. The summed E-state index contributed by atoms with van der Waals surface area (Å²) in [5.41, 5.74) is 0.850. The molecule has 4 rings (SSSR count). The number of amides is 1. The zero-order valence-electron chi connectivity index (χ0n) is 16.2. The van der Waals surface area contributed by atoms with Crippen molar-refractivity contribution in [1.29, 1.82) is 0 Å². The van der Waals surface area contributed by atoms with Gasteiger partial charge in [-0.25, -0.2) is 0 Å². The van der Waals surface area contributed by atoms with Crippen molar-refractivity contribution in [3.8, 4) is 0 Å². The van der Waals surface area contributed by atoms with Crippen LogP contribution in [0.3, 0.4) is 0 Å². The van der Waals surface area contributed by atoms with E-state index in [1.54, 1.807) is 24.0 Å². The van der Waals surface area contributed by atoms with E-state index in [1.165, 1.54) is 28.6 Å². The highest BCUT2D eigenvalue weighted by molar-refractivity contribution is 8.19. The summed E-state index contributed by atoms with van der Waals surface area (Å²) in [6, 6.07) is 9.24. The first kappa shape index (κ1) is 22.1. The van der Waals surface area contributed by atoms with Crippen molar-refractivity contribution in [2.75, 3.05) is 5.75 Å². The Morgan fingerprint density at radius 1 is 1.29 bits per heavy atom. The van der Waals surface area contributed by atoms with Crippen molar-refractivity contribution in [3.63, 3.8) is 0 Å². The molecule has 1 aromatic heterocycles. The lowest BCUT2D eigenvalue weighted by Gasteiger charge is -2.14. The number of carbonyl (C=O) groups excluding carboxylic acids is 1. The number of nitrogens with one attached hydrogen (secondary N) is 1. The molecule has 0 aliphatic carbocycles. The minimum atomic E-state index is -4.50. The Labute approximate surface area is 190 Å². The molecule has 4 nitrogen and oxygen atoms in total. The Bertz CT molecular complexity index is 1180. The second-order valence-corrected chi connectivity index (χ2v) is 10.1. The molecule has 1 saturated heterocycles. The van der Waals surface area contributed by atoms with Gasteiger partial charge in [-0.2, -0.15) is 18.3 Å². The van der Waals surface area contributed by atoms with Gasteiger partial charge in [-0.3, -0.25) is 9.48 Å². The van der Waals surface area contributed by atoms with Crippen LogP contribution in [-0.4, -0.2) is 26.1 Å². The molecule has 10 heteroatoms. The number of thioether (sulfide) groups is 2. The monoisotopic (exact) mass is 483 g/mol. The summed E-state index contributed by atoms with van der Waals surface area (Å²) in [5, 5.41) is 8.00. The number of hydrogen-bond donors (Lipinski definition) is 1. The minimum Gasteiger partial charge on any atom is -0.331 e. The van der Waals surface area contributed by atoms with E-state index in [-0.39, 0.29) is 27.7 Å². The van der Waals surface area contributed by atoms with Crippen LogP contribution in [-0.2, 0) is 17.5 Å². The van der Waals surface area contributed by atoms with E-state index in [2.05, 4.69) is 10.4 Å². The number of alkyl halides is 3. The van der Waals surface area contributed by atoms with Gasteiger partial charge < -0.3 is 5.32 Å². The standard InChI is InChI=1S/C21H17ClF3N3OS2/c1-2-30-20-27-19(29)18(31-20)8-12-3-6-17-14(7-12)10-26-28(17)11-13-4-5-15(22)9-16(13)21(23,24)25/h3-10,20H,2,11H2,1H3,(H,27,29)/b18-8-. The molecule has 1 N–H and O–H groups in total. The van der Waals surface area contributed by atoms with E-state index in [1.807, 2.05) is 25.1 Å². The molecule has 3 aromatic rings. The number of rotatable bonds is 5. The van der Waals surface area contributed by atoms with Crippen LogP contribution in [0.15, 0.2) is 47.5 Å². The van der Waals surface area contributed by atoms with Crippen LogP contribution in [0.4, 0.5) is 13.2 Å². The van der Waals surface area contributed by atoms with Crippen LogP contribution < -0.4 is 5.32 Å². The number of aromatic nitrogens is 2. The van der Waals surface area contributed by atoms with E-state index in [4.69, 9.17) is 11.6 Å². The van der Waals surface area contributed by atoms with Crippen molar-refractivity contribution in [2.45, 2.75) is 24.4 Å². The molecule has 2 aromatic carbocycles. The van der Waals surface area contributed by atoms with Crippen molar-refractivity contribution in [1.82, 2.24) is 15.1 Å². The van der Waals surface area contributed by atoms with Gasteiger partial charge in [-0.05, 0) is 47.2 Å². The number of benzene rings is 2. The maximum atomic E-state index is 13.4. The number of nitrogens with zero attached hydrogens (tertiary/aromatic N) is 2. The molecule has 0 saturated carbocycles. The normalized spacial score (nSPS) is 18.2. The van der Waals surface area contributed by atoms with Gasteiger partial charge in [0.15, 0.2) is 0 Å². The number of halogens is 4. The summed E-state index contributed by atoms with van der Waals surface area (Å²) in [5.74, 6) is 0.800. The van der Waals surface area contributed by atoms with Crippen molar-refractivity contribution in [3.05, 3.63) is 69.2 Å². The van der Waals surface area contributed by atoms with Gasteiger partial charge in [-0.15, -0.1) is 11.8 Å². The number of fused-ring (bicyclic) bond motifs is 1. The van der Waals surface area contributed by atoms with Gasteiger partial charge in [0, 0.05) is 10.4 Å². The van der Waals surface area contributed by atoms with Gasteiger partial charge in [0.2, 0.25) is 0 Å². The Morgan fingerprint density at radius 2 is 2.10 bits per heavy atom. The van der Waals surface area contributed by atoms with Crippen LogP contribution in [0.1, 0.15) is 23.6 Å². The summed E-state index contributed by atoms with van der Waals surface area (Å²) < 4.78 is 41.7. The summed E-state index contributed by atoms with van der Waals surface area (Å²) in [6.45, 7) is 2.00. The van der Waals surface area contributed by atoms with E-state index in [0.29, 0.717) is 10.4 Å². The fourth-order valence-electron chi connectivity index (χ4n) is 3.29.